The first-order chi connectivity index (χ1) is 15.0. The van der Waals surface area contributed by atoms with Gasteiger partial charge < -0.3 is 19.5 Å². The van der Waals surface area contributed by atoms with Crippen molar-refractivity contribution in [3.8, 4) is 11.5 Å². The topological polar surface area (TPSA) is 100 Å². The van der Waals surface area contributed by atoms with E-state index in [1.165, 1.54) is 19.2 Å². The normalized spacial score (nSPS) is 10.7. The number of carboxylic acid groups (broad SMARTS) is 1. The van der Waals surface area contributed by atoms with E-state index in [9.17, 15) is 9.59 Å². The minimum Gasteiger partial charge on any atom is -0.493 e. The molecule has 0 aliphatic heterocycles. The van der Waals surface area contributed by atoms with Crippen LogP contribution in [0.2, 0.25) is 0 Å². The van der Waals surface area contributed by atoms with Crippen molar-refractivity contribution >= 4 is 23.8 Å². The van der Waals surface area contributed by atoms with Gasteiger partial charge in [-0.3, -0.25) is 10.2 Å². The van der Waals surface area contributed by atoms with Crippen LogP contribution in [0.3, 0.4) is 0 Å². The molecule has 0 aliphatic rings. The Labute approximate surface area is 182 Å². The third-order valence-corrected chi connectivity index (χ3v) is 4.42. The van der Waals surface area contributed by atoms with Crippen LogP contribution < -0.4 is 14.9 Å². The molecule has 1 amide bonds. The molecule has 0 aromatic heterocycles. The SMILES string of the molecule is CCCN(CCC)C(=O)COc1ccc(C=NNc2ccc(C(=O)O)cc2)cc1OC. The first kappa shape index (κ1) is 23.7. The number of carboxylic acids is 1. The number of carbonyl (C=O) groups excluding carboxylic acids is 1. The lowest BCUT2D eigenvalue weighted by atomic mass is 10.2. The number of aromatic carboxylic acids is 1. The largest absolute Gasteiger partial charge is 0.493 e. The number of carbonyl (C=O) groups is 2. The van der Waals surface area contributed by atoms with Crippen LogP contribution in [0.4, 0.5) is 5.69 Å². The molecule has 8 nitrogen and oxygen atoms in total. The molecule has 2 N–H and O–H groups in total. The second kappa shape index (κ2) is 12.2. The standard InChI is InChI=1S/C23H29N3O5/c1-4-12-26(13-5-2)22(27)16-31-20-11-6-17(14-21(20)30-3)15-24-25-19-9-7-18(8-10-19)23(28)29/h6-11,14-15,25H,4-5,12-13,16H2,1-3H3,(H,28,29). The Bertz CT molecular complexity index is 891. The van der Waals surface area contributed by atoms with Crippen LogP contribution in [0.1, 0.15) is 42.6 Å². The van der Waals surface area contributed by atoms with Crippen molar-refractivity contribution in [1.29, 1.82) is 0 Å². The van der Waals surface area contributed by atoms with Crippen molar-refractivity contribution < 1.29 is 24.2 Å². The summed E-state index contributed by atoms with van der Waals surface area (Å²) in [6, 6.07) is 11.6. The third kappa shape index (κ3) is 7.33. The van der Waals surface area contributed by atoms with Crippen molar-refractivity contribution in [3.05, 3.63) is 53.6 Å². The van der Waals surface area contributed by atoms with Gasteiger partial charge in [-0.05, 0) is 60.9 Å². The van der Waals surface area contributed by atoms with E-state index in [1.54, 1.807) is 36.5 Å². The van der Waals surface area contributed by atoms with Crippen LogP contribution in [0.15, 0.2) is 47.6 Å². The molecule has 0 bridgehead atoms. The number of benzene rings is 2. The molecule has 166 valence electrons. The summed E-state index contributed by atoms with van der Waals surface area (Å²) in [5.41, 5.74) is 4.48. The molecule has 8 heteroatoms. The van der Waals surface area contributed by atoms with Crippen LogP contribution >= 0.6 is 0 Å². The molecule has 0 unspecified atom stereocenters. The van der Waals surface area contributed by atoms with Crippen molar-refractivity contribution in [2.45, 2.75) is 26.7 Å². The molecular formula is C23H29N3O5. The van der Waals surface area contributed by atoms with E-state index in [4.69, 9.17) is 14.6 Å². The summed E-state index contributed by atoms with van der Waals surface area (Å²) in [5, 5.41) is 13.1. The van der Waals surface area contributed by atoms with Gasteiger partial charge in [0.1, 0.15) is 0 Å². The lowest BCUT2D eigenvalue weighted by molar-refractivity contribution is -0.133. The van der Waals surface area contributed by atoms with Crippen LogP contribution in [0.25, 0.3) is 0 Å². The summed E-state index contributed by atoms with van der Waals surface area (Å²) in [7, 11) is 1.54. The van der Waals surface area contributed by atoms with Gasteiger partial charge in [0.2, 0.25) is 0 Å². The third-order valence-electron chi connectivity index (χ3n) is 4.42. The zero-order valence-corrected chi connectivity index (χ0v) is 18.1. The van der Waals surface area contributed by atoms with E-state index < -0.39 is 5.97 Å². The smallest absolute Gasteiger partial charge is 0.335 e. The van der Waals surface area contributed by atoms with Crippen molar-refractivity contribution in [1.82, 2.24) is 4.90 Å². The minimum atomic E-state index is -0.977. The van der Waals surface area contributed by atoms with E-state index in [0.717, 1.165) is 18.4 Å². The van der Waals surface area contributed by atoms with Gasteiger partial charge in [-0.15, -0.1) is 0 Å². The summed E-state index contributed by atoms with van der Waals surface area (Å²) >= 11 is 0. The Morgan fingerprint density at radius 1 is 1.06 bits per heavy atom. The van der Waals surface area contributed by atoms with Gasteiger partial charge in [-0.1, -0.05) is 13.8 Å². The Balaban J connectivity index is 1.98. The van der Waals surface area contributed by atoms with E-state index >= 15 is 0 Å². The maximum Gasteiger partial charge on any atom is 0.335 e. The number of rotatable bonds is 12. The van der Waals surface area contributed by atoms with Crippen LogP contribution in [-0.4, -0.2) is 54.9 Å². The molecule has 2 rings (SSSR count). The van der Waals surface area contributed by atoms with Crippen molar-refractivity contribution in [3.63, 3.8) is 0 Å². The summed E-state index contributed by atoms with van der Waals surface area (Å²) < 4.78 is 11.1. The van der Waals surface area contributed by atoms with Gasteiger partial charge in [0.05, 0.1) is 24.6 Å². The Hall–Kier alpha value is -3.55. The minimum absolute atomic E-state index is 0.0440. The second-order valence-electron chi connectivity index (χ2n) is 6.83. The van der Waals surface area contributed by atoms with Crippen molar-refractivity contribution in [2.75, 3.05) is 32.2 Å². The highest BCUT2D eigenvalue weighted by Crippen LogP contribution is 2.27. The Morgan fingerprint density at radius 2 is 1.74 bits per heavy atom. The Kier molecular flexibility index (Phi) is 9.35. The summed E-state index contributed by atoms with van der Waals surface area (Å²) in [4.78, 5) is 25.1. The Morgan fingerprint density at radius 3 is 2.32 bits per heavy atom. The molecule has 2 aromatic rings. The monoisotopic (exact) mass is 427 g/mol. The zero-order chi connectivity index (χ0) is 22.6. The molecule has 0 atom stereocenters. The highest BCUT2D eigenvalue weighted by molar-refractivity contribution is 5.88. The fourth-order valence-electron chi connectivity index (χ4n) is 2.88. The highest BCUT2D eigenvalue weighted by Gasteiger charge is 2.14. The fourth-order valence-corrected chi connectivity index (χ4v) is 2.88. The van der Waals surface area contributed by atoms with Gasteiger partial charge in [0.25, 0.3) is 5.91 Å². The number of hydrazone groups is 1. The summed E-state index contributed by atoms with van der Waals surface area (Å²) in [6.07, 6.45) is 3.41. The summed E-state index contributed by atoms with van der Waals surface area (Å²) in [5.74, 6) is -0.0395. The van der Waals surface area contributed by atoms with Gasteiger partial charge in [0.15, 0.2) is 18.1 Å². The molecule has 0 spiro atoms. The number of amides is 1. The van der Waals surface area contributed by atoms with Gasteiger partial charge in [0, 0.05) is 13.1 Å². The van der Waals surface area contributed by atoms with E-state index in [1.807, 2.05) is 18.7 Å². The zero-order valence-electron chi connectivity index (χ0n) is 18.1. The van der Waals surface area contributed by atoms with Crippen LogP contribution in [0.5, 0.6) is 11.5 Å². The number of nitrogens with one attached hydrogen (secondary N) is 1. The van der Waals surface area contributed by atoms with Crippen molar-refractivity contribution in [2.24, 2.45) is 5.10 Å². The maximum atomic E-state index is 12.4. The average molecular weight is 428 g/mol. The molecule has 0 radical (unpaired) electrons. The molecular weight excluding hydrogens is 398 g/mol. The second-order valence-corrected chi connectivity index (χ2v) is 6.83. The van der Waals surface area contributed by atoms with Crippen LogP contribution in [-0.2, 0) is 4.79 Å². The summed E-state index contributed by atoms with van der Waals surface area (Å²) in [6.45, 7) is 5.47. The van der Waals surface area contributed by atoms with Gasteiger partial charge in [-0.2, -0.15) is 5.10 Å². The number of hydrogen-bond donors (Lipinski definition) is 2. The maximum absolute atomic E-state index is 12.4. The lowest BCUT2D eigenvalue weighted by Gasteiger charge is -2.21. The first-order valence-corrected chi connectivity index (χ1v) is 10.2. The quantitative estimate of drug-likeness (QED) is 0.394. The van der Waals surface area contributed by atoms with Gasteiger partial charge >= 0.3 is 5.97 Å². The molecule has 0 aliphatic carbocycles. The molecule has 0 saturated heterocycles. The van der Waals surface area contributed by atoms with E-state index in [0.29, 0.717) is 30.3 Å². The number of hydrogen-bond acceptors (Lipinski definition) is 6. The highest BCUT2D eigenvalue weighted by atomic mass is 16.5. The lowest BCUT2D eigenvalue weighted by Crippen LogP contribution is -2.36. The average Bonchev–Trinajstić information content (AvgIpc) is 2.78. The number of methoxy groups -OCH3 is 1. The number of nitrogens with zero attached hydrogens (tertiary/aromatic N) is 2. The number of ether oxygens (including phenoxy) is 2. The predicted molar refractivity (Wildman–Crippen MR) is 120 cm³/mol. The predicted octanol–water partition coefficient (Wildman–Crippen LogP) is 3.87. The van der Waals surface area contributed by atoms with Crippen LogP contribution in [0, 0.1) is 0 Å². The van der Waals surface area contributed by atoms with E-state index in [2.05, 4.69) is 10.5 Å². The first-order valence-electron chi connectivity index (χ1n) is 10.2. The molecule has 0 heterocycles. The van der Waals surface area contributed by atoms with Gasteiger partial charge in [-0.25, -0.2) is 4.79 Å². The molecule has 2 aromatic carbocycles. The molecule has 0 fully saturated rings. The fraction of sp³-hybridized carbons (Fsp3) is 0.348. The van der Waals surface area contributed by atoms with E-state index in [-0.39, 0.29) is 18.1 Å². The molecule has 0 saturated carbocycles. The molecule has 31 heavy (non-hydrogen) atoms. The number of anilines is 1.